The number of aromatic nitrogens is 1. The molecule has 0 saturated heterocycles. The van der Waals surface area contributed by atoms with Crippen LogP contribution in [0.4, 0.5) is 0 Å². The molecule has 1 nitrogen and oxygen atoms in total. The molecule has 4 aliphatic carbocycles. The summed E-state index contributed by atoms with van der Waals surface area (Å²) >= 11 is 0. The van der Waals surface area contributed by atoms with Crippen LogP contribution in [0.3, 0.4) is 0 Å². The number of aryl methyl sites for hydroxylation is 3. The number of rotatable bonds is 4. The zero-order chi connectivity index (χ0) is 37.7. The molecule has 0 fully saturated rings. The van der Waals surface area contributed by atoms with Crippen molar-refractivity contribution < 1.29 is 0 Å². The first kappa shape index (κ1) is 34.9. The van der Waals surface area contributed by atoms with Crippen molar-refractivity contribution in [1.82, 2.24) is 4.98 Å². The predicted molar refractivity (Wildman–Crippen MR) is 233 cm³/mol. The van der Waals surface area contributed by atoms with Gasteiger partial charge in [0.2, 0.25) is 0 Å². The highest BCUT2D eigenvalue weighted by Crippen LogP contribution is 2.51. The topological polar surface area (TPSA) is 12.9 Å². The molecule has 0 N–H and O–H groups in total. The number of hydrogen-bond donors (Lipinski definition) is 0. The van der Waals surface area contributed by atoms with Gasteiger partial charge in [-0.1, -0.05) is 153 Å². The second-order valence-electron chi connectivity index (χ2n) is 16.3. The van der Waals surface area contributed by atoms with Crippen LogP contribution >= 0.6 is 0 Å². The molecule has 0 amide bonds. The third-order valence-electron chi connectivity index (χ3n) is 12.3. The molecule has 1 heterocycles. The predicted octanol–water partition coefficient (Wildman–Crippen LogP) is 14.1. The maximum atomic E-state index is 5.20. The first-order valence-corrected chi connectivity index (χ1v) is 20.0. The molecule has 270 valence electrons. The third-order valence-corrected chi connectivity index (χ3v) is 12.3. The van der Waals surface area contributed by atoms with Crippen LogP contribution < -0.4 is 0 Å². The van der Waals surface area contributed by atoms with Crippen LogP contribution in [0.25, 0.3) is 44.7 Å². The van der Waals surface area contributed by atoms with Gasteiger partial charge in [0.1, 0.15) is 0 Å². The smallest absolute Gasteiger partial charge is 0.0715 e. The van der Waals surface area contributed by atoms with Crippen LogP contribution in [0.1, 0.15) is 89.2 Å². The van der Waals surface area contributed by atoms with Crippen molar-refractivity contribution in [3.63, 3.8) is 0 Å². The molecule has 1 aromatic heterocycles. The zero-order valence-corrected chi connectivity index (χ0v) is 32.8. The minimum absolute atomic E-state index is 0.0843. The summed E-state index contributed by atoms with van der Waals surface area (Å²) in [5.41, 5.74) is 24.2. The second kappa shape index (κ2) is 14.1. The Morgan fingerprint density at radius 3 is 2.15 bits per heavy atom. The van der Waals surface area contributed by atoms with Crippen molar-refractivity contribution in [3.05, 3.63) is 207 Å². The molecule has 10 rings (SSSR count). The van der Waals surface area contributed by atoms with Crippen molar-refractivity contribution in [2.24, 2.45) is 0 Å². The number of fused-ring (bicyclic) bond motifs is 6. The first-order valence-electron chi connectivity index (χ1n) is 20.0. The highest BCUT2D eigenvalue weighted by molar-refractivity contribution is 5.87. The van der Waals surface area contributed by atoms with Crippen LogP contribution in [0.2, 0.25) is 0 Å². The summed E-state index contributed by atoms with van der Waals surface area (Å²) in [4.78, 5) is 5.20. The minimum Gasteiger partial charge on any atom is -0.248 e. The Kier molecular flexibility index (Phi) is 8.98. The molecule has 0 radical (unpaired) electrons. The van der Waals surface area contributed by atoms with E-state index in [1.165, 1.54) is 89.0 Å². The van der Waals surface area contributed by atoms with Gasteiger partial charge in [0.05, 0.1) is 11.4 Å². The maximum absolute atomic E-state index is 5.20. The fraction of sp³-hybridized carbons (Fsp3) is 0.204. The summed E-state index contributed by atoms with van der Waals surface area (Å²) < 4.78 is 0. The van der Waals surface area contributed by atoms with E-state index in [2.05, 4.69) is 186 Å². The molecule has 5 aromatic carbocycles. The van der Waals surface area contributed by atoms with Gasteiger partial charge in [-0.3, -0.25) is 0 Å². The molecule has 1 atom stereocenters. The summed E-state index contributed by atoms with van der Waals surface area (Å²) in [5.74, 6) is 0.490. The fourth-order valence-electron chi connectivity index (χ4n) is 9.39. The Hall–Kier alpha value is -5.79. The molecular formula is C54H49N. The van der Waals surface area contributed by atoms with Gasteiger partial charge in [0.25, 0.3) is 0 Å². The van der Waals surface area contributed by atoms with E-state index in [9.17, 15) is 0 Å². The van der Waals surface area contributed by atoms with Gasteiger partial charge in [0.15, 0.2) is 0 Å². The van der Waals surface area contributed by atoms with Crippen LogP contribution in [-0.4, -0.2) is 4.98 Å². The van der Waals surface area contributed by atoms with Gasteiger partial charge < -0.3 is 0 Å². The SMILES string of the molecule is Cc1ccc2c(c1)C1CC=CC(c3cc(C4=CCCC=C4)cc(-c4ccccc4)n3)=C1C2.Cc1ccccc1-c1cc2c(cc1C)C(C)(C)c1ccccc1-2. The van der Waals surface area contributed by atoms with E-state index in [1.54, 1.807) is 0 Å². The fourth-order valence-corrected chi connectivity index (χ4v) is 9.39. The number of benzene rings is 5. The van der Waals surface area contributed by atoms with E-state index in [0.717, 1.165) is 37.1 Å². The van der Waals surface area contributed by atoms with Crippen molar-refractivity contribution >= 4 is 11.1 Å². The Morgan fingerprint density at radius 2 is 1.35 bits per heavy atom. The van der Waals surface area contributed by atoms with Gasteiger partial charge in [0, 0.05) is 16.9 Å². The molecule has 0 spiro atoms. The van der Waals surface area contributed by atoms with Crippen molar-refractivity contribution in [2.75, 3.05) is 0 Å². The molecule has 55 heavy (non-hydrogen) atoms. The van der Waals surface area contributed by atoms with E-state index in [4.69, 9.17) is 4.98 Å². The number of pyridine rings is 1. The molecule has 0 aliphatic heterocycles. The van der Waals surface area contributed by atoms with Crippen LogP contribution in [-0.2, 0) is 11.8 Å². The average molecular weight is 712 g/mol. The van der Waals surface area contributed by atoms with Gasteiger partial charge in [-0.05, 0) is 143 Å². The molecular weight excluding hydrogens is 663 g/mol. The summed E-state index contributed by atoms with van der Waals surface area (Å²) in [6.45, 7) is 11.3. The first-order chi connectivity index (χ1) is 26.8. The largest absolute Gasteiger partial charge is 0.248 e. The zero-order valence-electron chi connectivity index (χ0n) is 32.8. The van der Waals surface area contributed by atoms with E-state index in [1.807, 2.05) is 0 Å². The Balaban J connectivity index is 0.000000153. The highest BCUT2D eigenvalue weighted by Gasteiger charge is 2.36. The molecule has 0 bridgehead atoms. The minimum atomic E-state index is 0.0843. The van der Waals surface area contributed by atoms with Crippen LogP contribution in [0.5, 0.6) is 0 Å². The van der Waals surface area contributed by atoms with Gasteiger partial charge in [-0.2, -0.15) is 0 Å². The lowest BCUT2D eigenvalue weighted by Gasteiger charge is -2.22. The van der Waals surface area contributed by atoms with Crippen molar-refractivity contribution in [1.29, 1.82) is 0 Å². The number of nitrogens with zero attached hydrogens (tertiary/aromatic N) is 1. The Morgan fingerprint density at radius 1 is 0.582 bits per heavy atom. The summed E-state index contributed by atoms with van der Waals surface area (Å²) in [6, 6.07) is 44.4. The molecule has 1 heteroatoms. The standard InChI is InChI=1S/C31H27N.C23H22/c1-21-15-16-24-18-29-26(28(24)17-21)13-8-14-27(29)31-20-25(22-9-4-2-5-10-22)19-30(32-31)23-11-6-3-7-12-23;1-15-9-5-6-10-17(15)19-14-20-18-11-7-8-12-21(18)23(3,4)22(20)13-16(19)2/h3-4,6-12,14-17,19-20,26H,2,5,13,18H2,1H3;5-14H,1-4H3. The lowest BCUT2D eigenvalue weighted by Crippen LogP contribution is -2.15. The third kappa shape index (κ3) is 6.36. The lowest BCUT2D eigenvalue weighted by atomic mass is 9.81. The molecule has 4 aliphatic rings. The molecule has 6 aromatic rings. The van der Waals surface area contributed by atoms with Crippen LogP contribution in [0, 0.1) is 20.8 Å². The summed E-state index contributed by atoms with van der Waals surface area (Å²) in [6.07, 6.45) is 15.9. The Labute approximate surface area is 327 Å². The number of allylic oxidation sites excluding steroid dienone is 8. The average Bonchev–Trinajstić information content (AvgIpc) is 3.69. The van der Waals surface area contributed by atoms with Gasteiger partial charge in [-0.25, -0.2) is 4.98 Å². The van der Waals surface area contributed by atoms with Gasteiger partial charge in [-0.15, -0.1) is 0 Å². The normalized spacial score (nSPS) is 17.1. The van der Waals surface area contributed by atoms with E-state index >= 15 is 0 Å². The van der Waals surface area contributed by atoms with Crippen LogP contribution in [0.15, 0.2) is 157 Å². The molecule has 1 unspecified atom stereocenters. The van der Waals surface area contributed by atoms with E-state index in [0.29, 0.717) is 5.92 Å². The van der Waals surface area contributed by atoms with Crippen molar-refractivity contribution in [2.45, 2.75) is 71.6 Å². The maximum Gasteiger partial charge on any atom is 0.0715 e. The van der Waals surface area contributed by atoms with Crippen molar-refractivity contribution in [3.8, 4) is 33.5 Å². The van der Waals surface area contributed by atoms with Gasteiger partial charge >= 0.3 is 0 Å². The lowest BCUT2D eigenvalue weighted by molar-refractivity contribution is 0.660. The second-order valence-corrected chi connectivity index (χ2v) is 16.3. The summed E-state index contributed by atoms with van der Waals surface area (Å²) in [5, 5.41) is 0. The Bertz CT molecular complexity index is 2590. The van der Waals surface area contributed by atoms with E-state index < -0.39 is 0 Å². The summed E-state index contributed by atoms with van der Waals surface area (Å²) in [7, 11) is 0. The monoisotopic (exact) mass is 711 g/mol. The van der Waals surface area contributed by atoms with E-state index in [-0.39, 0.29) is 5.41 Å². The molecule has 0 saturated carbocycles. The quantitative estimate of drug-likeness (QED) is 0.177. The number of hydrogen-bond acceptors (Lipinski definition) is 1. The highest BCUT2D eigenvalue weighted by atomic mass is 14.7.